The van der Waals surface area contributed by atoms with E-state index < -0.39 is 0 Å². The Morgan fingerprint density at radius 1 is 1.24 bits per heavy atom. The Kier molecular flexibility index (Phi) is 11.8. The van der Waals surface area contributed by atoms with E-state index in [-0.39, 0.29) is 24.0 Å². The summed E-state index contributed by atoms with van der Waals surface area (Å²) >= 11 is 3.45. The predicted octanol–water partition coefficient (Wildman–Crippen LogP) is 3.58. The summed E-state index contributed by atoms with van der Waals surface area (Å²) in [5.41, 5.74) is 1.22. The van der Waals surface area contributed by atoms with Crippen LogP contribution in [0.15, 0.2) is 27.7 Å². The van der Waals surface area contributed by atoms with Gasteiger partial charge in [0.15, 0.2) is 5.96 Å². The molecule has 21 heavy (non-hydrogen) atoms. The molecule has 0 bridgehead atoms. The smallest absolute Gasteiger partial charge is 0.191 e. The van der Waals surface area contributed by atoms with Crippen LogP contribution in [-0.4, -0.2) is 32.7 Å². The molecule has 0 unspecified atom stereocenters. The van der Waals surface area contributed by atoms with Gasteiger partial charge in [-0.2, -0.15) is 0 Å². The molecule has 0 radical (unpaired) electrons. The van der Waals surface area contributed by atoms with Gasteiger partial charge in [-0.15, -0.1) is 24.0 Å². The number of benzene rings is 1. The van der Waals surface area contributed by atoms with Crippen LogP contribution in [0.3, 0.4) is 0 Å². The lowest BCUT2D eigenvalue weighted by atomic mass is 10.1. The molecule has 2 N–H and O–H groups in total. The molecule has 0 amide bonds. The molecule has 0 aliphatic heterocycles. The lowest BCUT2D eigenvalue weighted by Crippen LogP contribution is -2.37. The van der Waals surface area contributed by atoms with Crippen LogP contribution in [0, 0.1) is 0 Å². The summed E-state index contributed by atoms with van der Waals surface area (Å²) in [6.45, 7) is 6.70. The molecule has 0 aliphatic carbocycles. The number of methoxy groups -OCH3 is 1. The number of nitrogens with zero attached hydrogens (tertiary/aromatic N) is 1. The first-order valence-corrected chi connectivity index (χ1v) is 7.85. The zero-order valence-corrected chi connectivity index (χ0v) is 16.8. The maximum atomic E-state index is 5.39. The second-order valence-corrected chi connectivity index (χ2v) is 5.27. The third kappa shape index (κ3) is 7.90. The highest BCUT2D eigenvalue weighted by Crippen LogP contribution is 2.24. The predicted molar refractivity (Wildman–Crippen MR) is 104 cm³/mol. The summed E-state index contributed by atoms with van der Waals surface area (Å²) in [6, 6.07) is 6.15. The summed E-state index contributed by atoms with van der Waals surface area (Å²) in [4.78, 5) is 4.54. The van der Waals surface area contributed by atoms with Gasteiger partial charge < -0.3 is 15.4 Å². The first-order chi connectivity index (χ1) is 9.71. The molecule has 0 saturated heterocycles. The molecule has 0 aromatic heterocycles. The molecule has 0 heterocycles. The summed E-state index contributed by atoms with van der Waals surface area (Å²) in [5.74, 6) is 1.82. The van der Waals surface area contributed by atoms with Crippen molar-refractivity contribution < 1.29 is 4.74 Å². The molecule has 6 heteroatoms. The fourth-order valence-corrected chi connectivity index (χ4v) is 2.23. The second-order valence-electron chi connectivity index (χ2n) is 4.35. The minimum absolute atomic E-state index is 0. The zero-order chi connectivity index (χ0) is 14.8. The fraction of sp³-hybridized carbons (Fsp3) is 0.533. The number of nitrogens with one attached hydrogen (secondary N) is 2. The number of aliphatic imine (C=N–C) groups is 1. The molecule has 0 saturated carbocycles. The van der Waals surface area contributed by atoms with E-state index in [1.54, 1.807) is 7.11 Å². The highest BCUT2D eigenvalue weighted by molar-refractivity contribution is 14.0. The van der Waals surface area contributed by atoms with E-state index in [2.05, 4.69) is 51.5 Å². The van der Waals surface area contributed by atoms with Crippen molar-refractivity contribution >= 4 is 45.9 Å². The van der Waals surface area contributed by atoms with E-state index in [1.165, 1.54) is 5.56 Å². The summed E-state index contributed by atoms with van der Waals surface area (Å²) in [7, 11) is 1.71. The van der Waals surface area contributed by atoms with E-state index in [0.29, 0.717) is 0 Å². The molecule has 0 spiro atoms. The van der Waals surface area contributed by atoms with E-state index in [4.69, 9.17) is 4.74 Å². The molecule has 120 valence electrons. The van der Waals surface area contributed by atoms with Crippen LogP contribution >= 0.6 is 39.9 Å². The van der Waals surface area contributed by atoms with Crippen LogP contribution in [0.2, 0.25) is 0 Å². The molecular weight excluding hydrogens is 445 g/mol. The standard InChI is InChI=1S/C15H24BrN3O.HI/c1-4-17-15(18-5-2)19-10-6-7-12-8-9-13(16)11-14(12)20-3;/h8-9,11H,4-7,10H2,1-3H3,(H2,17,18,19);1H. The Morgan fingerprint density at radius 3 is 2.48 bits per heavy atom. The Hall–Kier alpha value is -0.500. The number of hydrogen-bond acceptors (Lipinski definition) is 2. The maximum Gasteiger partial charge on any atom is 0.191 e. The first-order valence-electron chi connectivity index (χ1n) is 7.05. The SMILES string of the molecule is CCNC(=NCCCc1ccc(Br)cc1OC)NCC.I. The molecule has 0 aliphatic rings. The quantitative estimate of drug-likeness (QED) is 0.277. The van der Waals surface area contributed by atoms with Crippen molar-refractivity contribution in [1.82, 2.24) is 10.6 Å². The largest absolute Gasteiger partial charge is 0.496 e. The van der Waals surface area contributed by atoms with Crippen LogP contribution < -0.4 is 15.4 Å². The van der Waals surface area contributed by atoms with Gasteiger partial charge in [-0.3, -0.25) is 4.99 Å². The molecule has 1 aromatic carbocycles. The van der Waals surface area contributed by atoms with Crippen LogP contribution in [0.5, 0.6) is 5.75 Å². The van der Waals surface area contributed by atoms with Crippen molar-refractivity contribution in [2.45, 2.75) is 26.7 Å². The van der Waals surface area contributed by atoms with Gasteiger partial charge in [0.2, 0.25) is 0 Å². The van der Waals surface area contributed by atoms with Gasteiger partial charge in [-0.25, -0.2) is 0 Å². The van der Waals surface area contributed by atoms with Gasteiger partial charge in [0, 0.05) is 24.1 Å². The van der Waals surface area contributed by atoms with Crippen LogP contribution in [0.4, 0.5) is 0 Å². The average molecular weight is 470 g/mol. The number of guanidine groups is 1. The lowest BCUT2D eigenvalue weighted by Gasteiger charge is -2.10. The summed E-state index contributed by atoms with van der Waals surface area (Å²) in [5, 5.41) is 6.44. The van der Waals surface area contributed by atoms with Crippen LogP contribution in [-0.2, 0) is 6.42 Å². The fourth-order valence-electron chi connectivity index (χ4n) is 1.89. The van der Waals surface area contributed by atoms with E-state index in [9.17, 15) is 0 Å². The van der Waals surface area contributed by atoms with Gasteiger partial charge >= 0.3 is 0 Å². The molecule has 4 nitrogen and oxygen atoms in total. The van der Waals surface area contributed by atoms with Gasteiger partial charge in [0.1, 0.15) is 5.75 Å². The normalized spacial score (nSPS) is 9.52. The van der Waals surface area contributed by atoms with Crippen molar-refractivity contribution in [3.8, 4) is 5.75 Å². The van der Waals surface area contributed by atoms with Gasteiger partial charge in [-0.1, -0.05) is 22.0 Å². The molecule has 0 fully saturated rings. The lowest BCUT2D eigenvalue weighted by molar-refractivity contribution is 0.409. The van der Waals surface area contributed by atoms with Gasteiger partial charge in [0.25, 0.3) is 0 Å². The Balaban J connectivity index is 0.00000400. The van der Waals surface area contributed by atoms with Crippen molar-refractivity contribution in [3.05, 3.63) is 28.2 Å². The zero-order valence-electron chi connectivity index (χ0n) is 12.9. The van der Waals surface area contributed by atoms with Crippen molar-refractivity contribution in [2.24, 2.45) is 4.99 Å². The highest BCUT2D eigenvalue weighted by Gasteiger charge is 2.03. The van der Waals surface area contributed by atoms with Crippen molar-refractivity contribution in [1.29, 1.82) is 0 Å². The summed E-state index contributed by atoms with van der Waals surface area (Å²) < 4.78 is 6.43. The summed E-state index contributed by atoms with van der Waals surface area (Å²) in [6.07, 6.45) is 1.96. The third-order valence-electron chi connectivity index (χ3n) is 2.81. The number of ether oxygens (including phenoxy) is 1. The topological polar surface area (TPSA) is 45.7 Å². The number of hydrogen-bond donors (Lipinski definition) is 2. The second kappa shape index (κ2) is 12.1. The average Bonchev–Trinajstić information content (AvgIpc) is 2.45. The molecular formula is C15H25BrIN3O. The van der Waals surface area contributed by atoms with Crippen molar-refractivity contribution in [3.63, 3.8) is 0 Å². The third-order valence-corrected chi connectivity index (χ3v) is 3.30. The number of halogens is 2. The Labute approximate surface area is 153 Å². The van der Waals surface area contributed by atoms with E-state index >= 15 is 0 Å². The van der Waals surface area contributed by atoms with E-state index in [0.717, 1.165) is 48.7 Å². The minimum Gasteiger partial charge on any atom is -0.496 e. The number of rotatable bonds is 7. The van der Waals surface area contributed by atoms with Gasteiger partial charge in [0.05, 0.1) is 7.11 Å². The van der Waals surface area contributed by atoms with Crippen molar-refractivity contribution in [2.75, 3.05) is 26.7 Å². The Bertz CT molecular complexity index is 433. The van der Waals surface area contributed by atoms with Crippen LogP contribution in [0.25, 0.3) is 0 Å². The van der Waals surface area contributed by atoms with Gasteiger partial charge in [-0.05, 0) is 44.4 Å². The number of aryl methyl sites for hydroxylation is 1. The maximum absolute atomic E-state index is 5.39. The highest BCUT2D eigenvalue weighted by atomic mass is 127. The molecule has 1 aromatic rings. The molecule has 0 atom stereocenters. The van der Waals surface area contributed by atoms with E-state index in [1.807, 2.05) is 12.1 Å². The monoisotopic (exact) mass is 469 g/mol. The molecule has 1 rings (SSSR count). The first kappa shape index (κ1) is 20.5. The Morgan fingerprint density at radius 2 is 1.90 bits per heavy atom. The van der Waals surface area contributed by atoms with Crippen LogP contribution in [0.1, 0.15) is 25.8 Å². The minimum atomic E-state index is 0.